The van der Waals surface area contributed by atoms with Gasteiger partial charge >= 0.3 is 23.9 Å². The summed E-state index contributed by atoms with van der Waals surface area (Å²) in [6.45, 7) is 3.12. The minimum absolute atomic E-state index is 0. The summed E-state index contributed by atoms with van der Waals surface area (Å²) in [5.74, 6) is 0. The molecule has 2 N–H and O–H groups in total. The fourth-order valence-electron chi connectivity index (χ4n) is 1.10. The standard InChI is InChI=1S/C9H21N.HI.Sn.2H/c1-2-3-4-5-6-7-8-9-10;;;;/h2-10H2,1H3;1H;;;. The van der Waals surface area contributed by atoms with Crippen LogP contribution in [0, 0.1) is 0 Å². The molecule has 0 aliphatic heterocycles. The molecule has 0 fully saturated rings. The minimum atomic E-state index is 0. The van der Waals surface area contributed by atoms with Crippen molar-refractivity contribution in [3.05, 3.63) is 0 Å². The predicted molar refractivity (Wildman–Crippen MR) is 71.0 cm³/mol. The molecule has 0 aliphatic rings. The van der Waals surface area contributed by atoms with Crippen LogP contribution >= 0.6 is 24.0 Å². The van der Waals surface area contributed by atoms with Crippen LogP contribution in [0.2, 0.25) is 0 Å². The first kappa shape index (κ1) is 19.1. The van der Waals surface area contributed by atoms with Crippen LogP contribution in [0.5, 0.6) is 0 Å². The Morgan fingerprint density at radius 2 is 1.25 bits per heavy atom. The van der Waals surface area contributed by atoms with Gasteiger partial charge in [0, 0.05) is 0 Å². The summed E-state index contributed by atoms with van der Waals surface area (Å²) in [5.41, 5.74) is 5.37. The van der Waals surface area contributed by atoms with Gasteiger partial charge in [0.1, 0.15) is 0 Å². The van der Waals surface area contributed by atoms with Crippen LogP contribution < -0.4 is 5.73 Å². The topological polar surface area (TPSA) is 26.0 Å². The van der Waals surface area contributed by atoms with E-state index < -0.39 is 0 Å². The van der Waals surface area contributed by atoms with E-state index in [-0.39, 0.29) is 47.9 Å². The summed E-state index contributed by atoms with van der Waals surface area (Å²) in [7, 11) is 0. The van der Waals surface area contributed by atoms with Crippen molar-refractivity contribution >= 4 is 47.9 Å². The van der Waals surface area contributed by atoms with Gasteiger partial charge in [0.2, 0.25) is 0 Å². The van der Waals surface area contributed by atoms with Crippen molar-refractivity contribution in [2.24, 2.45) is 5.73 Å². The van der Waals surface area contributed by atoms with Gasteiger partial charge in [-0.25, -0.2) is 0 Å². The van der Waals surface area contributed by atoms with Gasteiger partial charge in [-0.2, -0.15) is 0 Å². The zero-order valence-electron chi connectivity index (χ0n) is 8.35. The Balaban J connectivity index is -0.000000405. The zero-order chi connectivity index (χ0) is 7.66. The number of unbranched alkanes of at least 4 members (excludes halogenated alkanes) is 6. The molecule has 0 heterocycles. The summed E-state index contributed by atoms with van der Waals surface area (Å²) in [6, 6.07) is 0. The van der Waals surface area contributed by atoms with Gasteiger partial charge in [-0.1, -0.05) is 45.4 Å². The summed E-state index contributed by atoms with van der Waals surface area (Å²) < 4.78 is 0. The second-order valence-electron chi connectivity index (χ2n) is 2.91. The van der Waals surface area contributed by atoms with Crippen molar-refractivity contribution in [2.75, 3.05) is 6.54 Å². The van der Waals surface area contributed by atoms with Crippen LogP contribution in [0.15, 0.2) is 0 Å². The van der Waals surface area contributed by atoms with E-state index in [1.165, 1.54) is 44.9 Å². The second kappa shape index (κ2) is 18.3. The molecule has 0 rings (SSSR count). The average Bonchev–Trinajstić information content (AvgIpc) is 1.97. The van der Waals surface area contributed by atoms with Gasteiger partial charge in [-0.05, 0) is 13.0 Å². The fraction of sp³-hybridized carbons (Fsp3) is 1.00. The van der Waals surface area contributed by atoms with Gasteiger partial charge < -0.3 is 5.73 Å². The Kier molecular flexibility index (Phi) is 29.2. The van der Waals surface area contributed by atoms with Crippen LogP contribution in [0.1, 0.15) is 51.9 Å². The van der Waals surface area contributed by atoms with Gasteiger partial charge in [-0.15, -0.1) is 24.0 Å². The molecule has 0 atom stereocenters. The SMILES string of the molecule is CCCCCCCCCN.I.[SnH2]. The zero-order valence-corrected chi connectivity index (χ0v) is 14.7. The first-order chi connectivity index (χ1) is 4.91. The van der Waals surface area contributed by atoms with Crippen molar-refractivity contribution in [1.29, 1.82) is 0 Å². The molecule has 12 heavy (non-hydrogen) atoms. The number of rotatable bonds is 7. The predicted octanol–water partition coefficient (Wildman–Crippen LogP) is 2.40. The molecule has 0 bridgehead atoms. The Labute approximate surface area is 111 Å². The van der Waals surface area contributed by atoms with E-state index in [2.05, 4.69) is 6.92 Å². The van der Waals surface area contributed by atoms with Crippen molar-refractivity contribution < 1.29 is 0 Å². The molecule has 0 aromatic carbocycles. The fourth-order valence-corrected chi connectivity index (χ4v) is 1.10. The average molecular weight is 392 g/mol. The third-order valence-corrected chi connectivity index (χ3v) is 1.81. The summed E-state index contributed by atoms with van der Waals surface area (Å²) in [4.78, 5) is 0. The number of nitrogens with two attached hydrogens (primary N) is 1. The third-order valence-electron chi connectivity index (χ3n) is 1.81. The quantitative estimate of drug-likeness (QED) is 0.402. The molecule has 0 saturated carbocycles. The van der Waals surface area contributed by atoms with Gasteiger partial charge in [0.25, 0.3) is 0 Å². The molecule has 0 saturated heterocycles. The van der Waals surface area contributed by atoms with Crippen LogP contribution in [-0.4, -0.2) is 30.5 Å². The van der Waals surface area contributed by atoms with Crippen LogP contribution in [0.25, 0.3) is 0 Å². The van der Waals surface area contributed by atoms with E-state index in [0.29, 0.717) is 0 Å². The van der Waals surface area contributed by atoms with Crippen LogP contribution in [0.4, 0.5) is 0 Å². The van der Waals surface area contributed by atoms with E-state index in [0.717, 1.165) is 6.54 Å². The molecule has 0 unspecified atom stereocenters. The number of hydrogen-bond donors (Lipinski definition) is 1. The molecule has 0 amide bonds. The molecule has 0 aromatic heterocycles. The maximum atomic E-state index is 5.37. The van der Waals surface area contributed by atoms with Crippen LogP contribution in [0.3, 0.4) is 0 Å². The Morgan fingerprint density at radius 3 is 1.67 bits per heavy atom. The van der Waals surface area contributed by atoms with Crippen molar-refractivity contribution in [3.8, 4) is 0 Å². The Morgan fingerprint density at radius 1 is 0.833 bits per heavy atom. The summed E-state index contributed by atoms with van der Waals surface area (Å²) >= 11 is 0. The molecule has 0 spiro atoms. The van der Waals surface area contributed by atoms with E-state index in [9.17, 15) is 0 Å². The van der Waals surface area contributed by atoms with E-state index in [4.69, 9.17) is 5.73 Å². The Hall–Kier alpha value is 1.49. The first-order valence-corrected chi connectivity index (χ1v) is 4.62. The van der Waals surface area contributed by atoms with Gasteiger partial charge in [0.15, 0.2) is 0 Å². The number of halogens is 1. The van der Waals surface area contributed by atoms with E-state index >= 15 is 0 Å². The molecule has 1 nitrogen and oxygen atoms in total. The van der Waals surface area contributed by atoms with Crippen molar-refractivity contribution in [1.82, 2.24) is 0 Å². The van der Waals surface area contributed by atoms with Crippen molar-refractivity contribution in [3.63, 3.8) is 0 Å². The van der Waals surface area contributed by atoms with E-state index in [1.54, 1.807) is 0 Å². The van der Waals surface area contributed by atoms with Gasteiger partial charge in [-0.3, -0.25) is 0 Å². The molecular weight excluding hydrogens is 368 g/mol. The third kappa shape index (κ3) is 17.5. The molecular formula is C9H24INSn. The normalized spacial score (nSPS) is 8.50. The maximum absolute atomic E-state index is 5.37. The monoisotopic (exact) mass is 393 g/mol. The molecule has 2 radical (unpaired) electrons. The Bertz CT molecular complexity index is 54.5. The molecule has 0 aromatic rings. The summed E-state index contributed by atoms with van der Waals surface area (Å²) in [5, 5.41) is 0. The van der Waals surface area contributed by atoms with Gasteiger partial charge in [0.05, 0.1) is 0 Å². The van der Waals surface area contributed by atoms with Crippen LogP contribution in [-0.2, 0) is 0 Å². The second-order valence-corrected chi connectivity index (χ2v) is 2.91. The first-order valence-electron chi connectivity index (χ1n) is 4.62. The molecule has 3 heteroatoms. The van der Waals surface area contributed by atoms with E-state index in [1.807, 2.05) is 0 Å². The molecule has 76 valence electrons. The van der Waals surface area contributed by atoms with Crippen molar-refractivity contribution in [2.45, 2.75) is 51.9 Å². The number of hydrogen-bond acceptors (Lipinski definition) is 1. The molecule has 0 aliphatic carbocycles. The summed E-state index contributed by atoms with van der Waals surface area (Å²) in [6.07, 6.45) is 9.51.